The lowest BCUT2D eigenvalue weighted by Gasteiger charge is -2.03. The van der Waals surface area contributed by atoms with E-state index < -0.39 is 10.1 Å². The zero-order valence-corrected chi connectivity index (χ0v) is 9.12. The van der Waals surface area contributed by atoms with Crippen LogP contribution in [0.4, 0.5) is 0 Å². The van der Waals surface area contributed by atoms with E-state index in [2.05, 4.69) is 3.74 Å². The van der Waals surface area contributed by atoms with Crippen LogP contribution in [0.5, 0.6) is 0 Å². The molecule has 78 valence electrons. The van der Waals surface area contributed by atoms with E-state index in [1.165, 1.54) is 6.07 Å². The molecule has 0 aliphatic heterocycles. The molecule has 0 radical (unpaired) electrons. The number of benzene rings is 2. The van der Waals surface area contributed by atoms with Crippen molar-refractivity contribution in [3.05, 3.63) is 42.5 Å². The zero-order valence-electron chi connectivity index (χ0n) is 7.55. The van der Waals surface area contributed by atoms with Gasteiger partial charge in [-0.25, -0.2) is 0 Å². The fourth-order valence-electron chi connectivity index (χ4n) is 1.45. The van der Waals surface area contributed by atoms with Crippen molar-refractivity contribution >= 4 is 32.8 Å². The van der Waals surface area contributed by atoms with E-state index in [-0.39, 0.29) is 4.90 Å². The van der Waals surface area contributed by atoms with E-state index in [1.807, 2.05) is 18.2 Å². The number of fused-ring (bicyclic) bond motifs is 1. The molecule has 0 unspecified atom stereocenters. The molecule has 0 bridgehead atoms. The Morgan fingerprint density at radius 2 is 1.67 bits per heavy atom. The van der Waals surface area contributed by atoms with Gasteiger partial charge in [0.25, 0.3) is 0 Å². The Bertz CT molecular complexity index is 587. The quantitative estimate of drug-likeness (QED) is 0.813. The second kappa shape index (κ2) is 3.81. The summed E-state index contributed by atoms with van der Waals surface area (Å²) in [5.74, 6) is 0. The summed E-state index contributed by atoms with van der Waals surface area (Å²) >= 11 is 4.94. The monoisotopic (exact) mass is 242 g/mol. The predicted molar refractivity (Wildman–Crippen MR) is 58.1 cm³/mol. The molecule has 0 N–H and O–H groups in total. The summed E-state index contributed by atoms with van der Waals surface area (Å²) in [6.07, 6.45) is 0. The summed E-state index contributed by atoms with van der Waals surface area (Å²) in [7, 11) is -3.86. The minimum absolute atomic E-state index is 0.0793. The van der Waals surface area contributed by atoms with Gasteiger partial charge < -0.3 is 0 Å². The zero-order chi connectivity index (χ0) is 10.9. The highest BCUT2D eigenvalue weighted by Crippen LogP contribution is 2.24. The van der Waals surface area contributed by atoms with Crippen molar-refractivity contribution in [3.63, 3.8) is 0 Å². The van der Waals surface area contributed by atoms with Crippen LogP contribution < -0.4 is 0 Å². The average molecular weight is 243 g/mol. The summed E-state index contributed by atoms with van der Waals surface area (Å²) in [5, 5.41) is 1.42. The Morgan fingerprint density at radius 1 is 1.00 bits per heavy atom. The molecule has 15 heavy (non-hydrogen) atoms. The normalized spacial score (nSPS) is 11.8. The van der Waals surface area contributed by atoms with E-state index >= 15 is 0 Å². The van der Waals surface area contributed by atoms with Crippen LogP contribution in [0.25, 0.3) is 10.8 Å². The minimum Gasteiger partial charge on any atom is -0.193 e. The lowest BCUT2D eigenvalue weighted by Crippen LogP contribution is -2.00. The highest BCUT2D eigenvalue weighted by molar-refractivity contribution is 7.87. The molecular formula is C10H7ClO3S. The van der Waals surface area contributed by atoms with E-state index in [0.717, 1.165) is 5.39 Å². The van der Waals surface area contributed by atoms with Gasteiger partial charge in [0.2, 0.25) is 0 Å². The molecule has 5 heteroatoms. The van der Waals surface area contributed by atoms with E-state index in [0.29, 0.717) is 5.39 Å². The van der Waals surface area contributed by atoms with Crippen LogP contribution in [-0.4, -0.2) is 8.42 Å². The topological polar surface area (TPSA) is 43.4 Å². The van der Waals surface area contributed by atoms with Crippen LogP contribution in [0.15, 0.2) is 47.4 Å². The Kier molecular flexibility index (Phi) is 2.65. The molecule has 2 aromatic carbocycles. The molecule has 0 saturated carbocycles. The van der Waals surface area contributed by atoms with E-state index in [1.54, 1.807) is 18.2 Å². The Morgan fingerprint density at radius 3 is 2.40 bits per heavy atom. The molecule has 2 aromatic rings. The maximum atomic E-state index is 11.5. The summed E-state index contributed by atoms with van der Waals surface area (Å²) in [4.78, 5) is 0.0793. The van der Waals surface area contributed by atoms with E-state index in [9.17, 15) is 8.42 Å². The lowest BCUT2D eigenvalue weighted by molar-refractivity contribution is 0.510. The first kappa shape index (κ1) is 10.4. The van der Waals surface area contributed by atoms with Crippen LogP contribution in [0.2, 0.25) is 0 Å². The van der Waals surface area contributed by atoms with Gasteiger partial charge in [0.1, 0.15) is 4.90 Å². The van der Waals surface area contributed by atoms with Gasteiger partial charge in [-0.15, -0.1) is 0 Å². The van der Waals surface area contributed by atoms with E-state index in [4.69, 9.17) is 11.9 Å². The lowest BCUT2D eigenvalue weighted by atomic mass is 10.1. The van der Waals surface area contributed by atoms with Crippen LogP contribution in [0.1, 0.15) is 0 Å². The van der Waals surface area contributed by atoms with Gasteiger partial charge in [0.15, 0.2) is 0 Å². The fourth-order valence-corrected chi connectivity index (χ4v) is 2.42. The molecule has 3 nitrogen and oxygen atoms in total. The molecule has 0 fully saturated rings. The van der Waals surface area contributed by atoms with Gasteiger partial charge in [-0.2, -0.15) is 12.2 Å². The highest BCUT2D eigenvalue weighted by Gasteiger charge is 2.17. The number of hydrogen-bond donors (Lipinski definition) is 0. The van der Waals surface area contributed by atoms with Crippen molar-refractivity contribution in [1.29, 1.82) is 0 Å². The summed E-state index contributed by atoms with van der Waals surface area (Å²) in [5.41, 5.74) is 0. The first-order chi connectivity index (χ1) is 7.15. The van der Waals surface area contributed by atoms with Gasteiger partial charge in [-0.1, -0.05) is 36.4 Å². The fraction of sp³-hybridized carbons (Fsp3) is 0. The second-order valence-electron chi connectivity index (χ2n) is 2.99. The second-order valence-corrected chi connectivity index (χ2v) is 4.85. The first-order valence-corrected chi connectivity index (χ1v) is 5.90. The molecule has 0 heterocycles. The molecule has 0 aliphatic rings. The molecule has 0 atom stereocenters. The van der Waals surface area contributed by atoms with Crippen molar-refractivity contribution in [2.75, 3.05) is 0 Å². The van der Waals surface area contributed by atoms with Gasteiger partial charge in [-0.3, -0.25) is 0 Å². The largest absolute Gasteiger partial charge is 0.313 e. The average Bonchev–Trinajstić information content (AvgIpc) is 2.28. The third-order valence-corrected chi connectivity index (χ3v) is 3.66. The maximum absolute atomic E-state index is 11.5. The Hall–Kier alpha value is -1.10. The van der Waals surface area contributed by atoms with Crippen LogP contribution in [0, 0.1) is 0 Å². The molecule has 0 aromatic heterocycles. The summed E-state index contributed by atoms with van der Waals surface area (Å²) in [6, 6.07) is 12.0. The van der Waals surface area contributed by atoms with Crippen molar-refractivity contribution in [2.24, 2.45) is 0 Å². The van der Waals surface area contributed by atoms with Gasteiger partial charge >= 0.3 is 10.1 Å². The number of rotatable bonds is 2. The minimum atomic E-state index is -3.86. The van der Waals surface area contributed by atoms with Crippen molar-refractivity contribution < 1.29 is 12.2 Å². The predicted octanol–water partition coefficient (Wildman–Crippen LogP) is 2.70. The van der Waals surface area contributed by atoms with Gasteiger partial charge in [0.05, 0.1) is 11.9 Å². The van der Waals surface area contributed by atoms with Crippen molar-refractivity contribution in [1.82, 2.24) is 0 Å². The number of hydrogen-bond acceptors (Lipinski definition) is 3. The molecule has 0 saturated heterocycles. The third-order valence-electron chi connectivity index (χ3n) is 2.10. The standard InChI is InChI=1S/C10H7ClO3S/c11-14-15(12,13)10-7-3-5-8-4-1-2-6-9(8)10/h1-7H. The van der Waals surface area contributed by atoms with Crippen LogP contribution in [0.3, 0.4) is 0 Å². The maximum Gasteiger partial charge on any atom is 0.313 e. The molecule has 0 spiro atoms. The SMILES string of the molecule is O=S(=O)(OCl)c1cccc2ccccc12. The van der Waals surface area contributed by atoms with Crippen molar-refractivity contribution in [2.45, 2.75) is 4.90 Å². The number of halogens is 1. The molecule has 0 aliphatic carbocycles. The molecule has 2 rings (SSSR count). The van der Waals surface area contributed by atoms with Crippen LogP contribution >= 0.6 is 11.9 Å². The van der Waals surface area contributed by atoms with Gasteiger partial charge in [0, 0.05) is 5.39 Å². The first-order valence-electron chi connectivity index (χ1n) is 4.18. The Balaban J connectivity index is 2.83. The van der Waals surface area contributed by atoms with Gasteiger partial charge in [-0.05, 0) is 11.5 Å². The third kappa shape index (κ3) is 1.84. The Labute approximate surface area is 92.5 Å². The summed E-state index contributed by atoms with van der Waals surface area (Å²) in [6.45, 7) is 0. The van der Waals surface area contributed by atoms with Crippen LogP contribution in [-0.2, 0) is 13.9 Å². The van der Waals surface area contributed by atoms with Crippen molar-refractivity contribution in [3.8, 4) is 0 Å². The summed E-state index contributed by atoms with van der Waals surface area (Å²) < 4.78 is 26.9. The highest BCUT2D eigenvalue weighted by atomic mass is 35.5. The molecular weight excluding hydrogens is 236 g/mol. The molecule has 0 amide bonds. The smallest absolute Gasteiger partial charge is 0.193 e.